The molecule has 0 saturated heterocycles. The van der Waals surface area contributed by atoms with E-state index < -0.39 is 0 Å². The summed E-state index contributed by atoms with van der Waals surface area (Å²) in [4.78, 5) is 0. The molecule has 4 rings (SSSR count). The summed E-state index contributed by atoms with van der Waals surface area (Å²) < 4.78 is 13.6. The minimum atomic E-state index is 0.457. The number of methoxy groups -OCH3 is 1. The Morgan fingerprint density at radius 1 is 0.808 bits per heavy atom. The van der Waals surface area contributed by atoms with E-state index in [-0.39, 0.29) is 0 Å². The molecule has 0 atom stereocenters. The molecule has 0 unspecified atom stereocenters. The van der Waals surface area contributed by atoms with Crippen molar-refractivity contribution in [3.05, 3.63) is 90.5 Å². The molecular weight excluding hydrogens is 326 g/mol. The quantitative estimate of drug-likeness (QED) is 0.503. The first-order valence-electron chi connectivity index (χ1n) is 8.24. The van der Waals surface area contributed by atoms with Gasteiger partial charge in [0.05, 0.1) is 12.6 Å². The Morgan fingerprint density at radius 2 is 1.46 bits per heavy atom. The highest BCUT2D eigenvalue weighted by Gasteiger charge is 2.19. The summed E-state index contributed by atoms with van der Waals surface area (Å²) in [5, 5.41) is 8.52. The third-order valence-corrected chi connectivity index (χ3v) is 3.94. The van der Waals surface area contributed by atoms with Crippen molar-refractivity contribution in [1.82, 2.24) is 15.0 Å². The molecule has 0 bridgehead atoms. The highest BCUT2D eigenvalue weighted by Crippen LogP contribution is 2.27. The van der Waals surface area contributed by atoms with Gasteiger partial charge in [-0.15, -0.1) is 5.10 Å². The number of aromatic nitrogens is 3. The normalized spacial score (nSPS) is 11.9. The Labute approximate surface area is 151 Å². The van der Waals surface area contributed by atoms with Crippen molar-refractivity contribution < 1.29 is 9.47 Å². The largest absolute Gasteiger partial charge is 0.491 e. The first-order chi connectivity index (χ1) is 12.9. The molecule has 3 aromatic carbocycles. The van der Waals surface area contributed by atoms with Crippen LogP contribution in [-0.2, 0) is 4.74 Å². The smallest absolute Gasteiger partial charge is 0.266 e. The summed E-state index contributed by atoms with van der Waals surface area (Å²) in [6, 6.07) is 27.1. The maximum absolute atomic E-state index is 6.19. The zero-order valence-corrected chi connectivity index (χ0v) is 14.2. The molecule has 0 radical (unpaired) electrons. The SMILES string of the molecule is CO/C(=C(/Oc1ccccc1)n1nnc2ccccc21)c1ccccc1. The number of para-hydroxylation sites is 2. The molecule has 1 heterocycles. The zero-order chi connectivity index (χ0) is 17.8. The first-order valence-corrected chi connectivity index (χ1v) is 8.24. The van der Waals surface area contributed by atoms with Crippen LogP contribution in [0.3, 0.4) is 0 Å². The molecule has 0 aliphatic rings. The minimum Gasteiger partial charge on any atom is -0.491 e. The molecular formula is C21H17N3O2. The number of fused-ring (bicyclic) bond motifs is 1. The van der Waals surface area contributed by atoms with Gasteiger partial charge in [0, 0.05) is 5.56 Å². The lowest BCUT2D eigenvalue weighted by Crippen LogP contribution is -2.10. The van der Waals surface area contributed by atoms with Crippen LogP contribution in [0.1, 0.15) is 5.56 Å². The molecule has 0 N–H and O–H groups in total. The van der Waals surface area contributed by atoms with E-state index in [0.717, 1.165) is 16.6 Å². The van der Waals surface area contributed by atoms with Gasteiger partial charge in [-0.05, 0) is 24.3 Å². The molecule has 0 aliphatic carbocycles. The molecule has 0 aliphatic heterocycles. The van der Waals surface area contributed by atoms with Gasteiger partial charge in [-0.1, -0.05) is 65.9 Å². The summed E-state index contributed by atoms with van der Waals surface area (Å²) in [7, 11) is 1.62. The van der Waals surface area contributed by atoms with Crippen LogP contribution in [-0.4, -0.2) is 22.1 Å². The van der Waals surface area contributed by atoms with E-state index in [9.17, 15) is 0 Å². The van der Waals surface area contributed by atoms with Crippen LogP contribution < -0.4 is 4.74 Å². The Kier molecular flexibility index (Phi) is 4.35. The number of hydrogen-bond acceptors (Lipinski definition) is 4. The van der Waals surface area contributed by atoms with Gasteiger partial charge in [-0.2, -0.15) is 4.68 Å². The van der Waals surface area contributed by atoms with Crippen molar-refractivity contribution in [3.8, 4) is 5.75 Å². The van der Waals surface area contributed by atoms with Crippen molar-refractivity contribution in [2.75, 3.05) is 7.11 Å². The van der Waals surface area contributed by atoms with Gasteiger partial charge < -0.3 is 9.47 Å². The number of rotatable bonds is 5. The predicted molar refractivity (Wildman–Crippen MR) is 101 cm³/mol. The van der Waals surface area contributed by atoms with Crippen LogP contribution in [0.25, 0.3) is 22.7 Å². The fourth-order valence-electron chi connectivity index (χ4n) is 2.72. The maximum atomic E-state index is 6.19. The Morgan fingerprint density at radius 3 is 2.19 bits per heavy atom. The van der Waals surface area contributed by atoms with E-state index in [1.54, 1.807) is 11.8 Å². The van der Waals surface area contributed by atoms with Crippen molar-refractivity contribution >= 4 is 22.7 Å². The fraction of sp³-hybridized carbons (Fsp3) is 0.0476. The topological polar surface area (TPSA) is 49.2 Å². The number of ether oxygens (including phenoxy) is 2. The Bertz CT molecular complexity index is 1040. The molecule has 1 aromatic heterocycles. The van der Waals surface area contributed by atoms with Gasteiger partial charge in [0.15, 0.2) is 5.76 Å². The summed E-state index contributed by atoms with van der Waals surface area (Å²) >= 11 is 0. The summed E-state index contributed by atoms with van der Waals surface area (Å²) in [6.07, 6.45) is 0. The van der Waals surface area contributed by atoms with Crippen molar-refractivity contribution in [3.63, 3.8) is 0 Å². The van der Waals surface area contributed by atoms with E-state index in [0.29, 0.717) is 17.4 Å². The minimum absolute atomic E-state index is 0.457. The van der Waals surface area contributed by atoms with Crippen molar-refractivity contribution in [2.45, 2.75) is 0 Å². The van der Waals surface area contributed by atoms with Crippen LogP contribution >= 0.6 is 0 Å². The first kappa shape index (κ1) is 15.9. The predicted octanol–water partition coefficient (Wildman–Crippen LogP) is 4.44. The van der Waals surface area contributed by atoms with E-state index in [4.69, 9.17) is 9.47 Å². The number of nitrogens with zero attached hydrogens (tertiary/aromatic N) is 3. The van der Waals surface area contributed by atoms with Crippen LogP contribution in [0.4, 0.5) is 0 Å². The third kappa shape index (κ3) is 3.02. The lowest BCUT2D eigenvalue weighted by molar-refractivity contribution is 0.351. The molecule has 26 heavy (non-hydrogen) atoms. The highest BCUT2D eigenvalue weighted by atomic mass is 16.5. The fourth-order valence-corrected chi connectivity index (χ4v) is 2.72. The standard InChI is InChI=1S/C21H17N3O2/c1-25-20(16-10-4-2-5-11-16)21(26-17-12-6-3-7-13-17)24-19-15-9-8-14-18(19)22-23-24/h2-15H,1H3/b21-20+. The van der Waals surface area contributed by atoms with Gasteiger partial charge >= 0.3 is 0 Å². The molecule has 128 valence electrons. The van der Waals surface area contributed by atoms with E-state index in [1.165, 1.54) is 0 Å². The summed E-state index contributed by atoms with van der Waals surface area (Å²) in [5.74, 6) is 1.72. The van der Waals surface area contributed by atoms with Gasteiger partial charge in [-0.3, -0.25) is 0 Å². The molecule has 0 saturated carbocycles. The molecule has 0 amide bonds. The molecule has 5 nitrogen and oxygen atoms in total. The summed E-state index contributed by atoms with van der Waals surface area (Å²) in [6.45, 7) is 0. The maximum Gasteiger partial charge on any atom is 0.266 e. The van der Waals surface area contributed by atoms with Crippen molar-refractivity contribution in [1.29, 1.82) is 0 Å². The lowest BCUT2D eigenvalue weighted by atomic mass is 10.2. The zero-order valence-electron chi connectivity index (χ0n) is 14.2. The molecule has 4 aromatic rings. The van der Waals surface area contributed by atoms with Gasteiger partial charge in [0.1, 0.15) is 11.3 Å². The van der Waals surface area contributed by atoms with E-state index >= 15 is 0 Å². The monoisotopic (exact) mass is 343 g/mol. The van der Waals surface area contributed by atoms with Gasteiger partial charge in [0.2, 0.25) is 0 Å². The number of benzene rings is 3. The molecule has 0 spiro atoms. The number of hydrogen-bond donors (Lipinski definition) is 0. The second-order valence-corrected chi connectivity index (χ2v) is 5.61. The van der Waals surface area contributed by atoms with Gasteiger partial charge in [0.25, 0.3) is 5.88 Å². The van der Waals surface area contributed by atoms with E-state index in [1.807, 2.05) is 84.9 Å². The third-order valence-electron chi connectivity index (χ3n) is 3.94. The van der Waals surface area contributed by atoms with Crippen molar-refractivity contribution in [2.24, 2.45) is 0 Å². The van der Waals surface area contributed by atoms with E-state index in [2.05, 4.69) is 10.3 Å². The average Bonchev–Trinajstić information content (AvgIpc) is 3.13. The van der Waals surface area contributed by atoms with Gasteiger partial charge in [-0.25, -0.2) is 0 Å². The molecule has 0 fully saturated rings. The highest BCUT2D eigenvalue weighted by molar-refractivity contribution is 5.83. The second-order valence-electron chi connectivity index (χ2n) is 5.61. The van der Waals surface area contributed by atoms with Crippen LogP contribution in [0, 0.1) is 0 Å². The Hall–Kier alpha value is -3.60. The van der Waals surface area contributed by atoms with Crippen LogP contribution in [0.15, 0.2) is 84.9 Å². The van der Waals surface area contributed by atoms with Crippen LogP contribution in [0.5, 0.6) is 5.75 Å². The van der Waals surface area contributed by atoms with Crippen LogP contribution in [0.2, 0.25) is 0 Å². The lowest BCUT2D eigenvalue weighted by Gasteiger charge is -2.15. The molecule has 5 heteroatoms. The summed E-state index contributed by atoms with van der Waals surface area (Å²) in [5.41, 5.74) is 2.51. The second kappa shape index (κ2) is 7.11. The Balaban J connectivity index is 1.93. The average molecular weight is 343 g/mol.